The Morgan fingerprint density at radius 1 is 1.41 bits per heavy atom. The highest BCUT2D eigenvalue weighted by Gasteiger charge is 2.53. The number of alkyl carbamates (subject to hydrolysis) is 1. The SMILES string of the molecule is C=CC(=O)N1C[C@@H]2C[C@@H]2[C@@H]1COC(=O)NC(Cc1ccc(F)cc1)B(O)O. The molecule has 1 aromatic carbocycles. The molecule has 1 saturated carbocycles. The lowest BCUT2D eigenvalue weighted by molar-refractivity contribution is -0.128. The van der Waals surface area contributed by atoms with E-state index in [2.05, 4.69) is 11.9 Å². The molecule has 7 nitrogen and oxygen atoms in total. The number of amides is 2. The van der Waals surface area contributed by atoms with Crippen LogP contribution in [0.5, 0.6) is 0 Å². The van der Waals surface area contributed by atoms with E-state index in [1.165, 1.54) is 30.3 Å². The number of nitrogens with zero attached hydrogens (tertiary/aromatic N) is 1. The minimum absolute atomic E-state index is 0.0391. The Balaban J connectivity index is 1.52. The van der Waals surface area contributed by atoms with Crippen molar-refractivity contribution in [2.24, 2.45) is 11.8 Å². The van der Waals surface area contributed by atoms with Gasteiger partial charge in [0.1, 0.15) is 12.4 Å². The van der Waals surface area contributed by atoms with E-state index in [-0.39, 0.29) is 25.0 Å². The van der Waals surface area contributed by atoms with Crippen LogP contribution < -0.4 is 5.32 Å². The zero-order valence-electron chi connectivity index (χ0n) is 14.8. The average Bonchev–Trinajstić information content (AvgIpc) is 3.32. The van der Waals surface area contributed by atoms with E-state index in [0.29, 0.717) is 23.9 Å². The number of carbonyl (C=O) groups is 2. The molecule has 2 amide bonds. The molecule has 144 valence electrons. The van der Waals surface area contributed by atoms with Gasteiger partial charge in [-0.15, -0.1) is 0 Å². The fourth-order valence-electron chi connectivity index (χ4n) is 3.62. The Morgan fingerprint density at radius 3 is 2.74 bits per heavy atom. The van der Waals surface area contributed by atoms with Crippen molar-refractivity contribution in [2.45, 2.75) is 24.8 Å². The summed E-state index contributed by atoms with van der Waals surface area (Å²) in [6.07, 6.45) is 1.56. The number of benzene rings is 1. The van der Waals surface area contributed by atoms with Gasteiger partial charge in [0.25, 0.3) is 0 Å². The molecule has 1 heterocycles. The number of piperidine rings is 1. The van der Waals surface area contributed by atoms with Gasteiger partial charge >= 0.3 is 13.2 Å². The summed E-state index contributed by atoms with van der Waals surface area (Å²) in [7, 11) is -1.80. The number of fused-ring (bicyclic) bond motifs is 1. The van der Waals surface area contributed by atoms with Gasteiger partial charge in [-0.1, -0.05) is 18.7 Å². The van der Waals surface area contributed by atoms with E-state index in [0.717, 1.165) is 6.42 Å². The van der Waals surface area contributed by atoms with Crippen molar-refractivity contribution in [2.75, 3.05) is 13.2 Å². The number of halogens is 1. The maximum Gasteiger partial charge on any atom is 0.475 e. The molecule has 1 unspecified atom stereocenters. The first kappa shape index (κ1) is 19.4. The van der Waals surface area contributed by atoms with Crippen LogP contribution >= 0.6 is 0 Å². The lowest BCUT2D eigenvalue weighted by Gasteiger charge is -2.26. The van der Waals surface area contributed by atoms with Crippen LogP contribution in [-0.2, 0) is 16.0 Å². The molecule has 3 N–H and O–H groups in total. The molecule has 0 aromatic heterocycles. The standard InChI is InChI=1S/C18H22BFN2O5/c1-2-17(23)22-9-12-8-14(12)15(22)10-27-18(24)21-16(19(25)26)7-11-3-5-13(20)6-4-11/h2-6,12,14-16,25-26H,1,7-10H2,(H,21,24)/t12-,14-,15-,16?/m0/s1. The first-order chi connectivity index (χ1) is 12.9. The maximum atomic E-state index is 13.0. The summed E-state index contributed by atoms with van der Waals surface area (Å²) < 4.78 is 18.2. The number of hydrogen-bond acceptors (Lipinski definition) is 5. The molecule has 3 rings (SSSR count). The second-order valence-electron chi connectivity index (χ2n) is 7.02. The lowest BCUT2D eigenvalue weighted by atomic mass is 9.76. The maximum absolute atomic E-state index is 13.0. The molecule has 1 aliphatic heterocycles. The number of nitrogens with one attached hydrogen (secondary N) is 1. The third-order valence-corrected chi connectivity index (χ3v) is 5.18. The van der Waals surface area contributed by atoms with Gasteiger partial charge in [0.2, 0.25) is 5.91 Å². The monoisotopic (exact) mass is 376 g/mol. The largest absolute Gasteiger partial charge is 0.475 e. The highest BCUT2D eigenvalue weighted by molar-refractivity contribution is 6.43. The van der Waals surface area contributed by atoms with E-state index >= 15 is 0 Å². The van der Waals surface area contributed by atoms with Crippen molar-refractivity contribution in [3.05, 3.63) is 48.3 Å². The van der Waals surface area contributed by atoms with Crippen LogP contribution in [0.4, 0.5) is 9.18 Å². The molecule has 1 aliphatic carbocycles. The van der Waals surface area contributed by atoms with Gasteiger partial charge in [-0.3, -0.25) is 4.79 Å². The van der Waals surface area contributed by atoms with Crippen molar-refractivity contribution in [1.29, 1.82) is 0 Å². The van der Waals surface area contributed by atoms with Crippen LogP contribution in [0.15, 0.2) is 36.9 Å². The molecule has 9 heteroatoms. The van der Waals surface area contributed by atoms with Crippen molar-refractivity contribution >= 4 is 19.1 Å². The molecule has 1 aromatic rings. The topological polar surface area (TPSA) is 99.1 Å². The molecule has 2 fully saturated rings. The van der Waals surface area contributed by atoms with Gasteiger partial charge in [0.05, 0.1) is 12.0 Å². The van der Waals surface area contributed by atoms with Gasteiger partial charge in [0, 0.05) is 6.54 Å². The predicted molar refractivity (Wildman–Crippen MR) is 95.9 cm³/mol. The summed E-state index contributed by atoms with van der Waals surface area (Å²) in [5.74, 6) is -0.806. The van der Waals surface area contributed by atoms with Gasteiger partial charge in [-0.2, -0.15) is 0 Å². The van der Waals surface area contributed by atoms with Crippen molar-refractivity contribution in [3.63, 3.8) is 0 Å². The normalized spacial score (nSPS) is 24.0. The van der Waals surface area contributed by atoms with Crippen molar-refractivity contribution in [1.82, 2.24) is 10.2 Å². The Bertz CT molecular complexity index is 714. The van der Waals surface area contributed by atoms with Crippen LogP contribution in [0.2, 0.25) is 0 Å². The summed E-state index contributed by atoms with van der Waals surface area (Å²) in [5.41, 5.74) is 0.633. The highest BCUT2D eigenvalue weighted by Crippen LogP contribution is 2.49. The Kier molecular flexibility index (Phi) is 5.81. The second-order valence-corrected chi connectivity index (χ2v) is 7.02. The molecular weight excluding hydrogens is 354 g/mol. The van der Waals surface area contributed by atoms with Gasteiger partial charge in [-0.25, -0.2) is 9.18 Å². The van der Waals surface area contributed by atoms with Crippen LogP contribution in [-0.4, -0.2) is 59.2 Å². The Hall–Kier alpha value is -2.39. The van der Waals surface area contributed by atoms with Crippen LogP contribution in [0.3, 0.4) is 0 Å². The third-order valence-electron chi connectivity index (χ3n) is 5.18. The average molecular weight is 376 g/mol. The first-order valence-electron chi connectivity index (χ1n) is 8.86. The molecular formula is C18H22BFN2O5. The number of likely N-dealkylation sites (tertiary alicyclic amines) is 1. The van der Waals surface area contributed by atoms with Gasteiger partial charge in [0.15, 0.2) is 0 Å². The summed E-state index contributed by atoms with van der Waals surface area (Å²) >= 11 is 0. The molecule has 27 heavy (non-hydrogen) atoms. The minimum Gasteiger partial charge on any atom is -0.447 e. The molecule has 0 spiro atoms. The number of hydrogen-bond donors (Lipinski definition) is 3. The highest BCUT2D eigenvalue weighted by atomic mass is 19.1. The zero-order chi connectivity index (χ0) is 19.6. The van der Waals surface area contributed by atoms with Crippen LogP contribution in [0, 0.1) is 17.7 Å². The summed E-state index contributed by atoms with van der Waals surface area (Å²) in [6, 6.07) is 5.34. The fourth-order valence-corrected chi connectivity index (χ4v) is 3.62. The smallest absolute Gasteiger partial charge is 0.447 e. The van der Waals surface area contributed by atoms with E-state index in [9.17, 15) is 24.0 Å². The van der Waals surface area contributed by atoms with Crippen LogP contribution in [0.25, 0.3) is 0 Å². The molecule has 0 radical (unpaired) electrons. The lowest BCUT2D eigenvalue weighted by Crippen LogP contribution is -2.49. The van der Waals surface area contributed by atoms with E-state index in [1.807, 2.05) is 0 Å². The molecule has 1 saturated heterocycles. The molecule has 4 atom stereocenters. The summed E-state index contributed by atoms with van der Waals surface area (Å²) in [5, 5.41) is 21.4. The molecule has 2 aliphatic rings. The van der Waals surface area contributed by atoms with Gasteiger partial charge < -0.3 is 25.0 Å². The van der Waals surface area contributed by atoms with E-state index in [4.69, 9.17) is 4.74 Å². The second kappa shape index (κ2) is 8.10. The molecule has 0 bridgehead atoms. The van der Waals surface area contributed by atoms with E-state index in [1.54, 1.807) is 4.90 Å². The number of ether oxygens (including phenoxy) is 1. The van der Waals surface area contributed by atoms with E-state index < -0.39 is 25.0 Å². The zero-order valence-corrected chi connectivity index (χ0v) is 14.8. The first-order valence-corrected chi connectivity index (χ1v) is 8.86. The fraction of sp³-hybridized carbons (Fsp3) is 0.444. The predicted octanol–water partition coefficient (Wildman–Crippen LogP) is 0.508. The summed E-state index contributed by atoms with van der Waals surface area (Å²) in [6.45, 7) is 4.17. The minimum atomic E-state index is -1.80. The number of rotatable bonds is 7. The van der Waals surface area contributed by atoms with Gasteiger partial charge in [-0.05, 0) is 48.4 Å². The number of carbonyl (C=O) groups excluding carboxylic acids is 2. The Morgan fingerprint density at radius 2 is 2.11 bits per heavy atom. The van der Waals surface area contributed by atoms with Crippen molar-refractivity contribution in [3.8, 4) is 0 Å². The van der Waals surface area contributed by atoms with Crippen LogP contribution in [0.1, 0.15) is 12.0 Å². The third kappa shape index (κ3) is 4.67. The summed E-state index contributed by atoms with van der Waals surface area (Å²) in [4.78, 5) is 25.6. The van der Waals surface area contributed by atoms with Crippen molar-refractivity contribution < 1.29 is 28.8 Å². The Labute approximate surface area is 157 Å². The quantitative estimate of drug-likeness (QED) is 0.476.